The van der Waals surface area contributed by atoms with Crippen molar-refractivity contribution < 1.29 is 12.8 Å². The second kappa shape index (κ2) is 8.33. The van der Waals surface area contributed by atoms with Crippen molar-refractivity contribution in [1.82, 2.24) is 4.31 Å². The van der Waals surface area contributed by atoms with Gasteiger partial charge in [0.05, 0.1) is 10.6 Å². The second-order valence-electron chi connectivity index (χ2n) is 6.69. The van der Waals surface area contributed by atoms with Crippen LogP contribution in [0.25, 0.3) is 0 Å². The Morgan fingerprint density at radius 1 is 1.15 bits per heavy atom. The Balaban J connectivity index is 1.66. The Morgan fingerprint density at radius 2 is 1.85 bits per heavy atom. The van der Waals surface area contributed by atoms with Gasteiger partial charge in [-0.25, -0.2) is 12.8 Å². The van der Waals surface area contributed by atoms with E-state index in [9.17, 15) is 12.8 Å². The zero-order valence-corrected chi connectivity index (χ0v) is 16.6. The number of para-hydroxylation sites is 1. The smallest absolute Gasteiger partial charge is 0.243 e. The lowest BCUT2D eigenvalue weighted by Gasteiger charge is -2.30. The highest BCUT2D eigenvalue weighted by atomic mass is 32.2. The molecule has 1 unspecified atom stereocenters. The number of benzene rings is 2. The average Bonchev–Trinajstić information content (AvgIpc) is 2.64. The Bertz CT molecular complexity index is 917. The molecular formula is C19H22FN3O2S2. The monoisotopic (exact) mass is 407 g/mol. The number of halogens is 1. The summed E-state index contributed by atoms with van der Waals surface area (Å²) >= 11 is 5.18. The SMILES string of the molecule is CC1CCCN(S(=O)(=O)c2ccc(NC(=S)Nc3ccccc3F)cc2)C1. The van der Waals surface area contributed by atoms with Crippen LogP contribution in [0.5, 0.6) is 0 Å². The average molecular weight is 408 g/mol. The predicted molar refractivity (Wildman–Crippen MR) is 110 cm³/mol. The normalized spacial score (nSPS) is 18.1. The molecule has 1 heterocycles. The van der Waals surface area contributed by atoms with Crippen LogP contribution in [0.4, 0.5) is 15.8 Å². The van der Waals surface area contributed by atoms with Crippen LogP contribution in [-0.2, 0) is 10.0 Å². The third kappa shape index (κ3) is 4.82. The number of sulfonamides is 1. The van der Waals surface area contributed by atoms with Crippen LogP contribution in [0.2, 0.25) is 0 Å². The van der Waals surface area contributed by atoms with E-state index >= 15 is 0 Å². The van der Waals surface area contributed by atoms with Gasteiger partial charge in [-0.2, -0.15) is 4.31 Å². The van der Waals surface area contributed by atoms with E-state index in [2.05, 4.69) is 17.6 Å². The first-order valence-electron chi connectivity index (χ1n) is 8.79. The maximum absolute atomic E-state index is 13.7. The largest absolute Gasteiger partial charge is 0.332 e. The number of piperidine rings is 1. The zero-order valence-electron chi connectivity index (χ0n) is 15.0. The lowest BCUT2D eigenvalue weighted by molar-refractivity contribution is 0.281. The molecule has 1 saturated heterocycles. The van der Waals surface area contributed by atoms with Crippen molar-refractivity contribution in [2.45, 2.75) is 24.7 Å². The van der Waals surface area contributed by atoms with Crippen molar-refractivity contribution in [3.8, 4) is 0 Å². The van der Waals surface area contributed by atoms with Gasteiger partial charge in [0, 0.05) is 18.8 Å². The van der Waals surface area contributed by atoms with E-state index < -0.39 is 15.8 Å². The lowest BCUT2D eigenvalue weighted by Crippen LogP contribution is -2.39. The highest BCUT2D eigenvalue weighted by Gasteiger charge is 2.28. The maximum atomic E-state index is 13.7. The van der Waals surface area contributed by atoms with Crippen molar-refractivity contribution in [2.75, 3.05) is 23.7 Å². The predicted octanol–water partition coefficient (Wildman–Crippen LogP) is 4.06. The van der Waals surface area contributed by atoms with Crippen molar-refractivity contribution in [3.05, 3.63) is 54.3 Å². The Hall–Kier alpha value is -2.03. The van der Waals surface area contributed by atoms with Crippen LogP contribution >= 0.6 is 12.2 Å². The minimum absolute atomic E-state index is 0.223. The summed E-state index contributed by atoms with van der Waals surface area (Å²) in [5.41, 5.74) is 0.892. The van der Waals surface area contributed by atoms with Gasteiger partial charge in [0.15, 0.2) is 5.11 Å². The third-order valence-electron chi connectivity index (χ3n) is 4.49. The van der Waals surface area contributed by atoms with Gasteiger partial charge in [-0.05, 0) is 67.4 Å². The molecule has 1 aliphatic rings. The molecule has 1 atom stereocenters. The molecule has 0 aliphatic carbocycles. The molecule has 1 fully saturated rings. The van der Waals surface area contributed by atoms with Gasteiger partial charge < -0.3 is 10.6 Å². The second-order valence-corrected chi connectivity index (χ2v) is 9.04. The molecule has 0 aromatic heterocycles. The Kier molecular flexibility index (Phi) is 6.08. The van der Waals surface area contributed by atoms with Crippen molar-refractivity contribution in [3.63, 3.8) is 0 Å². The van der Waals surface area contributed by atoms with E-state index in [0.717, 1.165) is 12.8 Å². The molecule has 8 heteroatoms. The first-order valence-corrected chi connectivity index (χ1v) is 10.6. The van der Waals surface area contributed by atoms with Crippen LogP contribution in [0, 0.1) is 11.7 Å². The molecule has 0 spiro atoms. The van der Waals surface area contributed by atoms with Gasteiger partial charge in [-0.1, -0.05) is 19.1 Å². The summed E-state index contributed by atoms with van der Waals surface area (Å²) in [5.74, 6) is -0.0323. The summed E-state index contributed by atoms with van der Waals surface area (Å²) in [6.45, 7) is 3.18. The topological polar surface area (TPSA) is 61.4 Å². The molecule has 0 bridgehead atoms. The molecule has 144 valence electrons. The molecule has 2 N–H and O–H groups in total. The fourth-order valence-electron chi connectivity index (χ4n) is 3.07. The van der Waals surface area contributed by atoms with E-state index in [-0.39, 0.29) is 15.7 Å². The quantitative estimate of drug-likeness (QED) is 0.749. The minimum atomic E-state index is -3.49. The number of thiocarbonyl (C=S) groups is 1. The van der Waals surface area contributed by atoms with Crippen molar-refractivity contribution in [2.24, 2.45) is 5.92 Å². The Morgan fingerprint density at radius 3 is 2.52 bits per heavy atom. The van der Waals surface area contributed by atoms with Crippen molar-refractivity contribution in [1.29, 1.82) is 0 Å². The van der Waals surface area contributed by atoms with Gasteiger partial charge in [-0.15, -0.1) is 0 Å². The number of hydrogen-bond acceptors (Lipinski definition) is 3. The summed E-state index contributed by atoms with van der Waals surface area (Å²) in [5, 5.41) is 5.93. The summed E-state index contributed by atoms with van der Waals surface area (Å²) in [7, 11) is -3.49. The highest BCUT2D eigenvalue weighted by Crippen LogP contribution is 2.24. The fraction of sp³-hybridized carbons (Fsp3) is 0.316. The van der Waals surface area contributed by atoms with E-state index in [4.69, 9.17) is 12.2 Å². The van der Waals surface area contributed by atoms with E-state index in [1.165, 1.54) is 6.07 Å². The first kappa shape index (κ1) is 19.7. The number of rotatable bonds is 4. The molecule has 0 radical (unpaired) electrons. The summed E-state index contributed by atoms with van der Waals surface area (Å²) < 4.78 is 40.7. The number of nitrogens with one attached hydrogen (secondary N) is 2. The van der Waals surface area contributed by atoms with Gasteiger partial charge in [-0.3, -0.25) is 0 Å². The summed E-state index contributed by atoms with van der Waals surface area (Å²) in [6, 6.07) is 12.6. The molecule has 3 rings (SSSR count). The number of hydrogen-bond donors (Lipinski definition) is 2. The first-order chi connectivity index (χ1) is 12.9. The molecule has 0 amide bonds. The summed E-state index contributed by atoms with van der Waals surface area (Å²) in [6.07, 6.45) is 1.94. The minimum Gasteiger partial charge on any atom is -0.332 e. The Labute approximate surface area is 164 Å². The number of anilines is 2. The molecule has 27 heavy (non-hydrogen) atoms. The molecule has 5 nitrogen and oxygen atoms in total. The molecule has 0 saturated carbocycles. The van der Waals surface area contributed by atoms with Crippen LogP contribution in [-0.4, -0.2) is 30.9 Å². The van der Waals surface area contributed by atoms with Crippen molar-refractivity contribution >= 4 is 38.7 Å². The lowest BCUT2D eigenvalue weighted by atomic mass is 10.0. The highest BCUT2D eigenvalue weighted by molar-refractivity contribution is 7.89. The van der Waals surface area contributed by atoms with Crippen LogP contribution in [0.1, 0.15) is 19.8 Å². The van der Waals surface area contributed by atoms with E-state index in [1.807, 2.05) is 0 Å². The molecular weight excluding hydrogens is 385 g/mol. The third-order valence-corrected chi connectivity index (χ3v) is 6.58. The van der Waals surface area contributed by atoms with Crippen LogP contribution in [0.15, 0.2) is 53.4 Å². The van der Waals surface area contributed by atoms with Crippen LogP contribution in [0.3, 0.4) is 0 Å². The molecule has 2 aromatic carbocycles. The van der Waals surface area contributed by atoms with Gasteiger partial charge in [0.25, 0.3) is 0 Å². The van der Waals surface area contributed by atoms with E-state index in [0.29, 0.717) is 24.7 Å². The standard InChI is InChI=1S/C19H22FN3O2S2/c1-14-5-4-12-23(13-14)27(24,25)16-10-8-15(9-11-16)21-19(26)22-18-7-3-2-6-17(18)20/h2-3,6-11,14H,4-5,12-13H2,1H3,(H2,21,22,26). The zero-order chi connectivity index (χ0) is 19.4. The van der Waals surface area contributed by atoms with Crippen LogP contribution < -0.4 is 10.6 Å². The molecule has 2 aromatic rings. The maximum Gasteiger partial charge on any atom is 0.243 e. The fourth-order valence-corrected chi connectivity index (χ4v) is 4.90. The van der Waals surface area contributed by atoms with Gasteiger partial charge in [0.2, 0.25) is 10.0 Å². The molecule has 1 aliphatic heterocycles. The summed E-state index contributed by atoms with van der Waals surface area (Å²) in [4.78, 5) is 0.259. The van der Waals surface area contributed by atoms with Gasteiger partial charge in [0.1, 0.15) is 5.82 Å². The van der Waals surface area contributed by atoms with E-state index in [1.54, 1.807) is 46.8 Å². The number of nitrogens with zero attached hydrogens (tertiary/aromatic N) is 1. The van der Waals surface area contributed by atoms with Gasteiger partial charge >= 0.3 is 0 Å².